The van der Waals surface area contributed by atoms with E-state index < -0.39 is 0 Å². The average Bonchev–Trinajstić information content (AvgIpc) is 1.83. The molecule has 0 aliphatic rings. The topological polar surface area (TPSA) is 35.2 Å². The van der Waals surface area contributed by atoms with E-state index in [9.17, 15) is 0 Å². The van der Waals surface area contributed by atoms with Crippen molar-refractivity contribution in [2.24, 2.45) is 5.73 Å². The summed E-state index contributed by atoms with van der Waals surface area (Å²) in [7, 11) is 1.69. The van der Waals surface area contributed by atoms with Crippen LogP contribution in [0.1, 0.15) is 6.92 Å². The fourth-order valence-corrected chi connectivity index (χ4v) is 0.757. The van der Waals surface area contributed by atoms with Crippen molar-refractivity contribution in [1.29, 1.82) is 0 Å². The first-order chi connectivity index (χ1) is 3.81. The normalized spacial score (nSPS) is 13.9. The Kier molecular flexibility index (Phi) is 5.59. The molecule has 0 heterocycles. The summed E-state index contributed by atoms with van der Waals surface area (Å²) in [5, 5.41) is 0.523. The van der Waals surface area contributed by atoms with Crippen LogP contribution >= 0.6 is 11.8 Å². The van der Waals surface area contributed by atoms with Gasteiger partial charge in [-0.05, 0) is 0 Å². The Hall–Kier alpha value is 0.270. The van der Waals surface area contributed by atoms with Gasteiger partial charge in [-0.25, -0.2) is 0 Å². The Balaban J connectivity index is 2.86. The van der Waals surface area contributed by atoms with Gasteiger partial charge in [-0.1, -0.05) is 6.92 Å². The average molecular weight is 135 g/mol. The van der Waals surface area contributed by atoms with Gasteiger partial charge in [-0.3, -0.25) is 0 Å². The highest BCUT2D eigenvalue weighted by molar-refractivity contribution is 7.99. The van der Waals surface area contributed by atoms with Crippen molar-refractivity contribution in [2.75, 3.05) is 19.6 Å². The molecule has 0 radical (unpaired) electrons. The minimum Gasteiger partial charge on any atom is -0.374 e. The summed E-state index contributed by atoms with van der Waals surface area (Å²) in [6, 6.07) is 0. The van der Waals surface area contributed by atoms with Crippen LogP contribution in [0.4, 0.5) is 0 Å². The number of thioether (sulfide) groups is 1. The molecule has 3 heteroatoms. The van der Waals surface area contributed by atoms with Crippen molar-refractivity contribution in [3.8, 4) is 0 Å². The maximum atomic E-state index is 5.34. The summed E-state index contributed by atoms with van der Waals surface area (Å²) >= 11 is 1.73. The molecule has 0 fully saturated rings. The first-order valence-corrected chi connectivity index (χ1v) is 3.66. The van der Waals surface area contributed by atoms with E-state index in [0.717, 1.165) is 12.5 Å². The number of nitrogens with two attached hydrogens (primary N) is 1. The van der Waals surface area contributed by atoms with E-state index >= 15 is 0 Å². The van der Waals surface area contributed by atoms with Gasteiger partial charge in [-0.15, -0.1) is 11.8 Å². The van der Waals surface area contributed by atoms with E-state index in [2.05, 4.69) is 6.92 Å². The maximum Gasteiger partial charge on any atom is 0.0920 e. The Morgan fingerprint density at radius 1 is 1.75 bits per heavy atom. The van der Waals surface area contributed by atoms with Gasteiger partial charge in [0.25, 0.3) is 0 Å². The van der Waals surface area contributed by atoms with Gasteiger partial charge in [0.15, 0.2) is 0 Å². The third kappa shape index (κ3) is 4.43. The second kappa shape index (κ2) is 5.41. The largest absolute Gasteiger partial charge is 0.374 e. The standard InChI is InChI=1S/C5H13NOS/c1-5(3-6)8-4-7-2/h5H,3-4,6H2,1-2H3. The predicted octanol–water partition coefficient (Wildman–Crippen LogP) is 0.671. The molecule has 50 valence electrons. The Morgan fingerprint density at radius 2 is 2.38 bits per heavy atom. The second-order valence-electron chi connectivity index (χ2n) is 1.62. The van der Waals surface area contributed by atoms with Crippen molar-refractivity contribution in [3.63, 3.8) is 0 Å². The third-order valence-electron chi connectivity index (χ3n) is 0.802. The first kappa shape index (κ1) is 8.27. The van der Waals surface area contributed by atoms with Crippen molar-refractivity contribution >= 4 is 11.8 Å². The zero-order valence-electron chi connectivity index (χ0n) is 5.39. The highest BCUT2D eigenvalue weighted by Crippen LogP contribution is 2.06. The summed E-state index contributed by atoms with van der Waals surface area (Å²) in [5.41, 5.74) is 5.34. The van der Waals surface area contributed by atoms with Crippen molar-refractivity contribution in [2.45, 2.75) is 12.2 Å². The zero-order valence-corrected chi connectivity index (χ0v) is 6.20. The lowest BCUT2D eigenvalue weighted by Crippen LogP contribution is -2.13. The summed E-state index contributed by atoms with van der Waals surface area (Å²) in [6.45, 7) is 2.82. The number of methoxy groups -OCH3 is 1. The van der Waals surface area contributed by atoms with Crippen LogP contribution < -0.4 is 5.73 Å². The molecule has 0 rings (SSSR count). The van der Waals surface area contributed by atoms with E-state index in [1.165, 1.54) is 0 Å². The smallest absolute Gasteiger partial charge is 0.0920 e. The zero-order chi connectivity index (χ0) is 6.41. The van der Waals surface area contributed by atoms with E-state index in [0.29, 0.717) is 5.25 Å². The van der Waals surface area contributed by atoms with Crippen LogP contribution in [0.15, 0.2) is 0 Å². The minimum atomic E-state index is 0.523. The van der Waals surface area contributed by atoms with Gasteiger partial charge < -0.3 is 10.5 Å². The number of hydrogen-bond donors (Lipinski definition) is 1. The van der Waals surface area contributed by atoms with Crippen molar-refractivity contribution in [1.82, 2.24) is 0 Å². The third-order valence-corrected chi connectivity index (χ3v) is 1.94. The SMILES string of the molecule is COCSC(C)CN. The molecule has 0 saturated heterocycles. The molecule has 0 aromatic heterocycles. The van der Waals surface area contributed by atoms with Crippen LogP contribution in [0.3, 0.4) is 0 Å². The van der Waals surface area contributed by atoms with Gasteiger partial charge in [-0.2, -0.15) is 0 Å². The lowest BCUT2D eigenvalue weighted by molar-refractivity contribution is 0.258. The fraction of sp³-hybridized carbons (Fsp3) is 1.00. The van der Waals surface area contributed by atoms with Gasteiger partial charge >= 0.3 is 0 Å². The fourth-order valence-electron chi connectivity index (χ4n) is 0.252. The van der Waals surface area contributed by atoms with Crippen LogP contribution in [-0.2, 0) is 4.74 Å². The predicted molar refractivity (Wildman–Crippen MR) is 38.0 cm³/mol. The van der Waals surface area contributed by atoms with Gasteiger partial charge in [0.2, 0.25) is 0 Å². The number of rotatable bonds is 4. The summed E-state index contributed by atoms with van der Waals surface area (Å²) in [4.78, 5) is 0. The molecule has 0 aromatic carbocycles. The summed E-state index contributed by atoms with van der Waals surface area (Å²) in [5.74, 6) is 0.748. The molecule has 0 amide bonds. The molecule has 0 spiro atoms. The molecule has 2 nitrogen and oxygen atoms in total. The second-order valence-corrected chi connectivity index (χ2v) is 2.99. The molecule has 1 unspecified atom stereocenters. The molecule has 2 N–H and O–H groups in total. The van der Waals surface area contributed by atoms with Gasteiger partial charge in [0.05, 0.1) is 5.94 Å². The molecule has 0 bridgehead atoms. The molecule has 0 saturated carbocycles. The molecule has 0 aromatic rings. The summed E-state index contributed by atoms with van der Waals surface area (Å²) in [6.07, 6.45) is 0. The Labute approximate surface area is 54.8 Å². The van der Waals surface area contributed by atoms with Crippen LogP contribution in [-0.4, -0.2) is 24.8 Å². The molecular formula is C5H13NOS. The maximum absolute atomic E-state index is 5.34. The molecule has 1 atom stereocenters. The van der Waals surface area contributed by atoms with E-state index in [1.54, 1.807) is 18.9 Å². The summed E-state index contributed by atoms with van der Waals surface area (Å²) < 4.78 is 4.82. The highest BCUT2D eigenvalue weighted by Gasteiger charge is 1.95. The van der Waals surface area contributed by atoms with E-state index in [4.69, 9.17) is 10.5 Å². The molecule has 0 aliphatic heterocycles. The van der Waals surface area contributed by atoms with Gasteiger partial charge in [0, 0.05) is 18.9 Å². The van der Waals surface area contributed by atoms with Crippen LogP contribution in [0, 0.1) is 0 Å². The molecule has 0 aliphatic carbocycles. The first-order valence-electron chi connectivity index (χ1n) is 2.62. The van der Waals surface area contributed by atoms with E-state index in [-0.39, 0.29) is 0 Å². The van der Waals surface area contributed by atoms with Crippen LogP contribution in [0.25, 0.3) is 0 Å². The number of ether oxygens (including phenoxy) is 1. The minimum absolute atomic E-state index is 0.523. The van der Waals surface area contributed by atoms with Crippen molar-refractivity contribution in [3.05, 3.63) is 0 Å². The Bertz CT molecular complexity index is 51.7. The van der Waals surface area contributed by atoms with Gasteiger partial charge in [0.1, 0.15) is 0 Å². The van der Waals surface area contributed by atoms with Crippen molar-refractivity contribution < 1.29 is 4.74 Å². The lowest BCUT2D eigenvalue weighted by atomic mass is 10.5. The van der Waals surface area contributed by atoms with E-state index in [1.807, 2.05) is 0 Å². The van der Waals surface area contributed by atoms with Crippen LogP contribution in [0.5, 0.6) is 0 Å². The molecule has 8 heavy (non-hydrogen) atoms. The molecular weight excluding hydrogens is 122 g/mol. The monoisotopic (exact) mass is 135 g/mol. The number of hydrogen-bond acceptors (Lipinski definition) is 3. The lowest BCUT2D eigenvalue weighted by Gasteiger charge is -2.04. The van der Waals surface area contributed by atoms with Crippen LogP contribution in [0.2, 0.25) is 0 Å². The Morgan fingerprint density at radius 3 is 2.75 bits per heavy atom. The quantitative estimate of drug-likeness (QED) is 0.575. The highest BCUT2D eigenvalue weighted by atomic mass is 32.2.